The summed E-state index contributed by atoms with van der Waals surface area (Å²) in [4.78, 5) is 16.5. The molecule has 1 saturated carbocycles. The van der Waals surface area contributed by atoms with E-state index in [1.54, 1.807) is 6.26 Å². The van der Waals surface area contributed by atoms with Gasteiger partial charge in [0.2, 0.25) is 0 Å². The number of furan rings is 1. The van der Waals surface area contributed by atoms with Crippen LogP contribution in [0.4, 0.5) is 10.6 Å². The Labute approximate surface area is 153 Å². The predicted octanol–water partition coefficient (Wildman–Crippen LogP) is 2.90. The zero-order valence-corrected chi connectivity index (χ0v) is 14.9. The number of hydrogen-bond donors (Lipinski definition) is 1. The monoisotopic (exact) mass is 355 g/mol. The van der Waals surface area contributed by atoms with Crippen LogP contribution in [-0.4, -0.2) is 53.3 Å². The molecule has 1 N–H and O–H groups in total. The lowest BCUT2D eigenvalue weighted by atomic mass is 9.96. The van der Waals surface area contributed by atoms with Gasteiger partial charge in [-0.25, -0.2) is 4.79 Å². The van der Waals surface area contributed by atoms with E-state index in [0.29, 0.717) is 24.9 Å². The van der Waals surface area contributed by atoms with Gasteiger partial charge in [-0.3, -0.25) is 0 Å². The van der Waals surface area contributed by atoms with Crippen LogP contribution in [0, 0.1) is 0 Å². The second-order valence-corrected chi connectivity index (χ2v) is 7.01. The Morgan fingerprint density at radius 1 is 1.04 bits per heavy atom. The van der Waals surface area contributed by atoms with Crippen molar-refractivity contribution in [3.05, 3.63) is 30.5 Å². The number of piperazine rings is 1. The summed E-state index contributed by atoms with van der Waals surface area (Å²) >= 11 is 0. The highest BCUT2D eigenvalue weighted by Crippen LogP contribution is 2.20. The summed E-state index contributed by atoms with van der Waals surface area (Å²) in [5.41, 5.74) is 0.726. The lowest BCUT2D eigenvalue weighted by Crippen LogP contribution is -2.53. The zero-order valence-electron chi connectivity index (χ0n) is 14.9. The first-order valence-corrected chi connectivity index (χ1v) is 9.47. The fraction of sp³-hybridized carbons (Fsp3) is 0.526. The molecular formula is C19H25N5O2. The first kappa shape index (κ1) is 16.9. The molecule has 0 atom stereocenters. The van der Waals surface area contributed by atoms with E-state index in [-0.39, 0.29) is 6.03 Å². The van der Waals surface area contributed by atoms with Crippen molar-refractivity contribution in [3.63, 3.8) is 0 Å². The molecular weight excluding hydrogens is 330 g/mol. The Hall–Kier alpha value is -2.57. The summed E-state index contributed by atoms with van der Waals surface area (Å²) < 4.78 is 5.34. The molecule has 1 aliphatic carbocycles. The smallest absolute Gasteiger partial charge is 0.317 e. The van der Waals surface area contributed by atoms with Crippen LogP contribution >= 0.6 is 0 Å². The zero-order chi connectivity index (χ0) is 17.8. The minimum Gasteiger partial charge on any atom is -0.463 e. The van der Waals surface area contributed by atoms with Crippen LogP contribution < -0.4 is 10.2 Å². The third kappa shape index (κ3) is 3.81. The molecule has 4 rings (SSSR count). The van der Waals surface area contributed by atoms with Crippen molar-refractivity contribution in [1.82, 2.24) is 20.4 Å². The van der Waals surface area contributed by atoms with Crippen molar-refractivity contribution in [3.8, 4) is 11.5 Å². The largest absolute Gasteiger partial charge is 0.463 e. The number of amides is 2. The Balaban J connectivity index is 1.29. The van der Waals surface area contributed by atoms with Gasteiger partial charge >= 0.3 is 6.03 Å². The van der Waals surface area contributed by atoms with Gasteiger partial charge in [0.05, 0.1) is 6.26 Å². The number of nitrogens with one attached hydrogen (secondary N) is 1. The maximum absolute atomic E-state index is 12.4. The van der Waals surface area contributed by atoms with Crippen molar-refractivity contribution in [2.24, 2.45) is 0 Å². The molecule has 2 aromatic heterocycles. The van der Waals surface area contributed by atoms with Gasteiger partial charge in [-0.2, -0.15) is 0 Å². The van der Waals surface area contributed by atoms with E-state index < -0.39 is 0 Å². The summed E-state index contributed by atoms with van der Waals surface area (Å²) in [6, 6.07) is 8.02. The van der Waals surface area contributed by atoms with Gasteiger partial charge in [0.25, 0.3) is 0 Å². The maximum atomic E-state index is 12.4. The van der Waals surface area contributed by atoms with Gasteiger partial charge < -0.3 is 19.5 Å². The van der Waals surface area contributed by atoms with Gasteiger partial charge in [-0.05, 0) is 37.1 Å². The number of rotatable bonds is 3. The maximum Gasteiger partial charge on any atom is 0.317 e. The summed E-state index contributed by atoms with van der Waals surface area (Å²) in [7, 11) is 0. The average molecular weight is 355 g/mol. The number of anilines is 1. The molecule has 2 aliphatic rings. The molecule has 0 unspecified atom stereocenters. The van der Waals surface area contributed by atoms with E-state index in [9.17, 15) is 4.79 Å². The van der Waals surface area contributed by atoms with Gasteiger partial charge in [0.1, 0.15) is 5.69 Å². The molecule has 0 aromatic carbocycles. The van der Waals surface area contributed by atoms with Crippen molar-refractivity contribution < 1.29 is 9.21 Å². The number of aromatic nitrogens is 2. The highest BCUT2D eigenvalue weighted by Gasteiger charge is 2.24. The molecule has 1 aliphatic heterocycles. The van der Waals surface area contributed by atoms with E-state index in [2.05, 4.69) is 20.4 Å². The topological polar surface area (TPSA) is 74.5 Å². The summed E-state index contributed by atoms with van der Waals surface area (Å²) in [6.07, 6.45) is 7.61. The fourth-order valence-corrected chi connectivity index (χ4v) is 3.70. The molecule has 7 nitrogen and oxygen atoms in total. The minimum absolute atomic E-state index is 0.0794. The molecule has 1 saturated heterocycles. The summed E-state index contributed by atoms with van der Waals surface area (Å²) in [5, 5.41) is 11.8. The Kier molecular flexibility index (Phi) is 5.04. The normalized spacial score (nSPS) is 18.8. The molecule has 2 amide bonds. The number of nitrogens with zero attached hydrogens (tertiary/aromatic N) is 4. The van der Waals surface area contributed by atoms with E-state index in [4.69, 9.17) is 4.42 Å². The summed E-state index contributed by atoms with van der Waals surface area (Å²) in [5.74, 6) is 1.56. The van der Waals surface area contributed by atoms with Crippen LogP contribution in [0.15, 0.2) is 34.9 Å². The lowest BCUT2D eigenvalue weighted by Gasteiger charge is -2.36. The molecule has 3 heterocycles. The standard InChI is InChI=1S/C19H25N5O2/c25-19(20-15-5-2-1-3-6-15)24-12-10-23(11-13-24)18-9-8-16(21-22-18)17-7-4-14-26-17/h4,7-9,14-15H,1-3,5-6,10-13H2,(H,20,25). The number of hydrogen-bond acceptors (Lipinski definition) is 5. The molecule has 0 radical (unpaired) electrons. The summed E-state index contributed by atoms with van der Waals surface area (Å²) in [6.45, 7) is 2.96. The van der Waals surface area contributed by atoms with Crippen LogP contribution in [0.5, 0.6) is 0 Å². The third-order valence-electron chi connectivity index (χ3n) is 5.25. The average Bonchev–Trinajstić information content (AvgIpc) is 3.24. The molecule has 7 heteroatoms. The van der Waals surface area contributed by atoms with E-state index >= 15 is 0 Å². The SMILES string of the molecule is O=C(NC1CCCCC1)N1CCN(c2ccc(-c3ccco3)nn2)CC1. The molecule has 2 fully saturated rings. The van der Waals surface area contributed by atoms with Crippen molar-refractivity contribution in [2.75, 3.05) is 31.1 Å². The second-order valence-electron chi connectivity index (χ2n) is 7.01. The van der Waals surface area contributed by atoms with Crippen LogP contribution in [0.25, 0.3) is 11.5 Å². The predicted molar refractivity (Wildman–Crippen MR) is 98.9 cm³/mol. The van der Waals surface area contributed by atoms with Crippen LogP contribution in [-0.2, 0) is 0 Å². The highest BCUT2D eigenvalue weighted by atomic mass is 16.3. The molecule has 0 bridgehead atoms. The van der Waals surface area contributed by atoms with Crippen LogP contribution in [0.3, 0.4) is 0 Å². The van der Waals surface area contributed by atoms with Gasteiger partial charge in [0, 0.05) is 32.2 Å². The van der Waals surface area contributed by atoms with E-state index in [1.807, 2.05) is 29.2 Å². The van der Waals surface area contributed by atoms with E-state index in [1.165, 1.54) is 19.3 Å². The molecule has 2 aromatic rings. The van der Waals surface area contributed by atoms with E-state index in [0.717, 1.165) is 37.4 Å². The third-order valence-corrected chi connectivity index (χ3v) is 5.25. The fourth-order valence-electron chi connectivity index (χ4n) is 3.70. The van der Waals surface area contributed by atoms with Crippen molar-refractivity contribution in [2.45, 2.75) is 38.1 Å². The number of carbonyl (C=O) groups excluding carboxylic acids is 1. The van der Waals surface area contributed by atoms with Crippen molar-refractivity contribution in [1.29, 1.82) is 0 Å². The molecule has 26 heavy (non-hydrogen) atoms. The Bertz CT molecular complexity index is 702. The van der Waals surface area contributed by atoms with Gasteiger partial charge in [-0.15, -0.1) is 10.2 Å². The molecule has 0 spiro atoms. The minimum atomic E-state index is 0.0794. The number of urea groups is 1. The Morgan fingerprint density at radius 3 is 2.50 bits per heavy atom. The van der Waals surface area contributed by atoms with Gasteiger partial charge in [0.15, 0.2) is 11.6 Å². The lowest BCUT2D eigenvalue weighted by molar-refractivity contribution is 0.186. The quantitative estimate of drug-likeness (QED) is 0.916. The highest BCUT2D eigenvalue weighted by molar-refractivity contribution is 5.75. The Morgan fingerprint density at radius 2 is 1.85 bits per heavy atom. The van der Waals surface area contributed by atoms with Crippen LogP contribution in [0.1, 0.15) is 32.1 Å². The van der Waals surface area contributed by atoms with Crippen molar-refractivity contribution >= 4 is 11.8 Å². The molecule has 138 valence electrons. The van der Waals surface area contributed by atoms with Crippen LogP contribution in [0.2, 0.25) is 0 Å². The van der Waals surface area contributed by atoms with Gasteiger partial charge in [-0.1, -0.05) is 19.3 Å². The first-order chi connectivity index (χ1) is 12.8. The first-order valence-electron chi connectivity index (χ1n) is 9.47. The number of carbonyl (C=O) groups is 1. The second kappa shape index (κ2) is 7.76.